The number of aryl methyl sites for hydroxylation is 1. The number of hydrogen-bond acceptors (Lipinski definition) is 3. The zero-order valence-corrected chi connectivity index (χ0v) is 11.3. The number of carboxylic acid groups (broad SMARTS) is 1. The second-order valence-electron chi connectivity index (χ2n) is 4.82. The predicted molar refractivity (Wildman–Crippen MR) is 74.1 cm³/mol. The van der Waals surface area contributed by atoms with Crippen LogP contribution in [0.2, 0.25) is 0 Å². The quantitative estimate of drug-likeness (QED) is 0.789. The molecule has 0 atom stereocenters. The number of rotatable bonds is 3. The van der Waals surface area contributed by atoms with Crippen molar-refractivity contribution in [3.63, 3.8) is 0 Å². The van der Waals surface area contributed by atoms with Crippen LogP contribution in [0.1, 0.15) is 28.8 Å². The lowest BCUT2D eigenvalue weighted by Crippen LogP contribution is -2.41. The largest absolute Gasteiger partial charge is 0.478 e. The maximum Gasteiger partial charge on any atom is 0.335 e. The van der Waals surface area contributed by atoms with Crippen LogP contribution in [-0.4, -0.2) is 36.4 Å². The Kier molecular flexibility index (Phi) is 4.57. The van der Waals surface area contributed by atoms with Gasteiger partial charge in [-0.2, -0.15) is 0 Å². The molecule has 0 unspecified atom stereocenters. The lowest BCUT2D eigenvalue weighted by molar-refractivity contribution is 0.0696. The Morgan fingerprint density at radius 3 is 2.60 bits per heavy atom. The van der Waals surface area contributed by atoms with Gasteiger partial charge >= 0.3 is 12.0 Å². The molecule has 108 valence electrons. The summed E-state index contributed by atoms with van der Waals surface area (Å²) in [5, 5.41) is 14.5. The average molecular weight is 278 g/mol. The molecular weight excluding hydrogens is 260 g/mol. The van der Waals surface area contributed by atoms with Gasteiger partial charge in [0.15, 0.2) is 0 Å². The molecule has 20 heavy (non-hydrogen) atoms. The maximum atomic E-state index is 11.8. The molecule has 1 heterocycles. The van der Waals surface area contributed by atoms with Crippen molar-refractivity contribution in [2.75, 3.05) is 18.5 Å². The summed E-state index contributed by atoms with van der Waals surface area (Å²) < 4.78 is 5.22. The predicted octanol–water partition coefficient (Wildman–Crippen LogP) is 1.99. The van der Waals surface area contributed by atoms with Crippen LogP contribution >= 0.6 is 0 Å². The summed E-state index contributed by atoms with van der Waals surface area (Å²) in [4.78, 5) is 22.7. The number of urea groups is 1. The van der Waals surface area contributed by atoms with Crippen molar-refractivity contribution in [2.24, 2.45) is 0 Å². The van der Waals surface area contributed by atoms with E-state index in [1.54, 1.807) is 19.1 Å². The fraction of sp³-hybridized carbons (Fsp3) is 0.429. The van der Waals surface area contributed by atoms with Gasteiger partial charge in [0.1, 0.15) is 0 Å². The Bertz CT molecular complexity index is 510. The third-order valence-corrected chi connectivity index (χ3v) is 3.27. The number of carbonyl (C=O) groups is 2. The topological polar surface area (TPSA) is 87.7 Å². The minimum absolute atomic E-state index is 0.128. The lowest BCUT2D eigenvalue weighted by atomic mass is 10.1. The molecule has 0 radical (unpaired) electrons. The first-order valence-corrected chi connectivity index (χ1v) is 6.55. The van der Waals surface area contributed by atoms with Gasteiger partial charge in [-0.1, -0.05) is 0 Å². The molecule has 2 amide bonds. The van der Waals surface area contributed by atoms with Crippen molar-refractivity contribution in [2.45, 2.75) is 25.8 Å². The van der Waals surface area contributed by atoms with Gasteiger partial charge in [0.05, 0.1) is 5.56 Å². The second-order valence-corrected chi connectivity index (χ2v) is 4.82. The van der Waals surface area contributed by atoms with Gasteiger partial charge in [0, 0.05) is 24.9 Å². The highest BCUT2D eigenvalue weighted by Gasteiger charge is 2.16. The first-order valence-electron chi connectivity index (χ1n) is 6.55. The summed E-state index contributed by atoms with van der Waals surface area (Å²) in [7, 11) is 0. The van der Waals surface area contributed by atoms with E-state index in [-0.39, 0.29) is 17.6 Å². The van der Waals surface area contributed by atoms with E-state index >= 15 is 0 Å². The number of amides is 2. The van der Waals surface area contributed by atoms with Gasteiger partial charge in [-0.05, 0) is 43.5 Å². The van der Waals surface area contributed by atoms with E-state index in [0.717, 1.165) is 12.8 Å². The average Bonchev–Trinajstić information content (AvgIpc) is 2.39. The molecule has 6 heteroatoms. The van der Waals surface area contributed by atoms with Crippen LogP contribution in [0.25, 0.3) is 0 Å². The van der Waals surface area contributed by atoms with Gasteiger partial charge in [-0.15, -0.1) is 0 Å². The molecule has 6 nitrogen and oxygen atoms in total. The number of nitrogens with one attached hydrogen (secondary N) is 2. The highest BCUT2D eigenvalue weighted by atomic mass is 16.5. The monoisotopic (exact) mass is 278 g/mol. The molecule has 1 aromatic carbocycles. The van der Waals surface area contributed by atoms with Crippen LogP contribution in [0.15, 0.2) is 18.2 Å². The van der Waals surface area contributed by atoms with Gasteiger partial charge in [-0.3, -0.25) is 0 Å². The Hall–Kier alpha value is -2.08. The summed E-state index contributed by atoms with van der Waals surface area (Å²) in [5.41, 5.74) is 1.43. The van der Waals surface area contributed by atoms with Gasteiger partial charge in [0.25, 0.3) is 0 Å². The van der Waals surface area contributed by atoms with E-state index in [1.165, 1.54) is 6.07 Å². The zero-order chi connectivity index (χ0) is 14.5. The minimum Gasteiger partial charge on any atom is -0.478 e. The van der Waals surface area contributed by atoms with Gasteiger partial charge < -0.3 is 20.5 Å². The van der Waals surface area contributed by atoms with Crippen molar-refractivity contribution >= 4 is 17.7 Å². The molecule has 0 spiro atoms. The first kappa shape index (κ1) is 14.3. The molecule has 3 N–H and O–H groups in total. The van der Waals surface area contributed by atoms with Crippen LogP contribution < -0.4 is 10.6 Å². The van der Waals surface area contributed by atoms with E-state index in [0.29, 0.717) is 24.5 Å². The Morgan fingerprint density at radius 1 is 1.30 bits per heavy atom. The number of benzene rings is 1. The van der Waals surface area contributed by atoms with Crippen molar-refractivity contribution in [1.29, 1.82) is 0 Å². The Morgan fingerprint density at radius 2 is 2.00 bits per heavy atom. The second kappa shape index (κ2) is 6.38. The minimum atomic E-state index is -0.972. The molecule has 1 aliphatic heterocycles. The molecule has 1 aliphatic rings. The molecule has 0 bridgehead atoms. The fourth-order valence-electron chi connectivity index (χ4n) is 2.18. The molecule has 1 saturated heterocycles. The first-order chi connectivity index (χ1) is 9.56. The van der Waals surface area contributed by atoms with Crippen LogP contribution in [0.3, 0.4) is 0 Å². The van der Waals surface area contributed by atoms with Gasteiger partial charge in [-0.25, -0.2) is 9.59 Å². The highest BCUT2D eigenvalue weighted by molar-refractivity contribution is 5.92. The van der Waals surface area contributed by atoms with Crippen LogP contribution in [0.4, 0.5) is 10.5 Å². The maximum absolute atomic E-state index is 11.8. The molecular formula is C14H18N2O4. The van der Waals surface area contributed by atoms with Crippen molar-refractivity contribution in [3.05, 3.63) is 29.3 Å². The van der Waals surface area contributed by atoms with E-state index in [9.17, 15) is 9.59 Å². The lowest BCUT2D eigenvalue weighted by Gasteiger charge is -2.23. The Labute approximate surface area is 117 Å². The van der Waals surface area contributed by atoms with Crippen LogP contribution in [0.5, 0.6) is 0 Å². The zero-order valence-electron chi connectivity index (χ0n) is 11.3. The number of anilines is 1. The summed E-state index contributed by atoms with van der Waals surface area (Å²) >= 11 is 0. The molecule has 1 aromatic rings. The molecule has 0 aliphatic carbocycles. The Balaban J connectivity index is 1.93. The summed E-state index contributed by atoms with van der Waals surface area (Å²) in [6.45, 7) is 3.03. The van der Waals surface area contributed by atoms with Crippen molar-refractivity contribution in [3.8, 4) is 0 Å². The molecule has 0 aromatic heterocycles. The van der Waals surface area contributed by atoms with Crippen molar-refractivity contribution < 1.29 is 19.4 Å². The van der Waals surface area contributed by atoms with Crippen LogP contribution in [-0.2, 0) is 4.74 Å². The molecule has 1 fully saturated rings. The smallest absolute Gasteiger partial charge is 0.335 e. The summed E-state index contributed by atoms with van der Waals surface area (Å²) in [6.07, 6.45) is 1.62. The summed E-state index contributed by atoms with van der Waals surface area (Å²) in [5.74, 6) is -0.972. The summed E-state index contributed by atoms with van der Waals surface area (Å²) in [6, 6.07) is 4.57. The molecule has 2 rings (SSSR count). The third-order valence-electron chi connectivity index (χ3n) is 3.27. The fourth-order valence-corrected chi connectivity index (χ4v) is 2.18. The number of aromatic carboxylic acids is 1. The van der Waals surface area contributed by atoms with E-state index in [2.05, 4.69) is 10.6 Å². The number of hydrogen-bond donors (Lipinski definition) is 3. The van der Waals surface area contributed by atoms with Crippen LogP contribution in [0, 0.1) is 6.92 Å². The number of carbonyl (C=O) groups excluding carboxylic acids is 1. The standard InChI is InChI=1S/C14H18N2O4/c1-9-8-11(2-3-12(9)13(17)18)16-14(19)15-10-4-6-20-7-5-10/h2-3,8,10H,4-7H2,1H3,(H,17,18)(H2,15,16,19). The third kappa shape index (κ3) is 3.71. The van der Waals surface area contributed by atoms with E-state index in [4.69, 9.17) is 9.84 Å². The molecule has 0 saturated carbocycles. The van der Waals surface area contributed by atoms with Gasteiger partial charge in [0.2, 0.25) is 0 Å². The highest BCUT2D eigenvalue weighted by Crippen LogP contribution is 2.15. The van der Waals surface area contributed by atoms with E-state index < -0.39 is 5.97 Å². The number of carboxylic acids is 1. The van der Waals surface area contributed by atoms with Crippen molar-refractivity contribution in [1.82, 2.24) is 5.32 Å². The normalized spacial score (nSPS) is 15.7. The van der Waals surface area contributed by atoms with E-state index in [1.807, 2.05) is 0 Å². The SMILES string of the molecule is Cc1cc(NC(=O)NC2CCOCC2)ccc1C(=O)O. The number of ether oxygens (including phenoxy) is 1.